The molecule has 2 heteroatoms. The van der Waals surface area contributed by atoms with Crippen molar-refractivity contribution in [1.29, 1.82) is 0 Å². The summed E-state index contributed by atoms with van der Waals surface area (Å²) in [6.45, 7) is 2.99. The molecule has 1 heterocycles. The highest BCUT2D eigenvalue weighted by Gasteiger charge is 2.57. The van der Waals surface area contributed by atoms with Crippen LogP contribution >= 0.6 is 0 Å². The van der Waals surface area contributed by atoms with Gasteiger partial charge in [-0.1, -0.05) is 0 Å². The highest BCUT2D eigenvalue weighted by molar-refractivity contribution is 5.07. The molecule has 18 heavy (non-hydrogen) atoms. The molecule has 0 aromatic rings. The molecule has 5 rings (SSSR count). The molecule has 1 saturated heterocycles. The Balaban J connectivity index is 1.59. The Kier molecular flexibility index (Phi) is 2.74. The largest absolute Gasteiger partial charge is 0.381 e. The monoisotopic (exact) mass is 249 g/mol. The lowest BCUT2D eigenvalue weighted by Crippen LogP contribution is -2.55. The zero-order valence-electron chi connectivity index (χ0n) is 11.4. The summed E-state index contributed by atoms with van der Waals surface area (Å²) in [6.07, 6.45) is 10.2. The summed E-state index contributed by atoms with van der Waals surface area (Å²) in [4.78, 5) is 0. The molecule has 2 atom stereocenters. The van der Waals surface area contributed by atoms with Gasteiger partial charge in [0.05, 0.1) is 0 Å². The zero-order valence-corrected chi connectivity index (χ0v) is 11.4. The molecule has 0 radical (unpaired) electrons. The van der Waals surface area contributed by atoms with E-state index in [1.54, 1.807) is 6.42 Å². The quantitative estimate of drug-likeness (QED) is 0.817. The van der Waals surface area contributed by atoms with Crippen molar-refractivity contribution in [2.24, 2.45) is 40.7 Å². The lowest BCUT2D eigenvalue weighted by molar-refractivity contribution is -0.136. The number of hydrogen-bond acceptors (Lipinski definition) is 2. The SMILES string of the molecule is NCC1C2CC3CC1CC(C1CCOCC1)(C3)C2. The first-order chi connectivity index (χ1) is 8.81. The fourth-order valence-electron chi connectivity index (χ4n) is 6.39. The van der Waals surface area contributed by atoms with Crippen LogP contribution in [-0.2, 0) is 4.74 Å². The molecular formula is C16H27NO. The summed E-state index contributed by atoms with van der Waals surface area (Å²) >= 11 is 0. The summed E-state index contributed by atoms with van der Waals surface area (Å²) in [7, 11) is 0. The number of ether oxygens (including phenoxy) is 1. The van der Waals surface area contributed by atoms with Crippen LogP contribution in [0.1, 0.15) is 44.9 Å². The standard InChI is InChI=1S/C16H27NO/c17-10-15-12-5-11-6-13(15)9-16(7-11,8-12)14-1-3-18-4-2-14/h11-15H,1-10,17H2. The minimum absolute atomic E-state index is 0.714. The van der Waals surface area contributed by atoms with Gasteiger partial charge < -0.3 is 10.5 Å². The molecule has 2 N–H and O–H groups in total. The van der Waals surface area contributed by atoms with Crippen LogP contribution in [-0.4, -0.2) is 19.8 Å². The molecule has 1 aliphatic heterocycles. The van der Waals surface area contributed by atoms with Gasteiger partial charge in [0.15, 0.2) is 0 Å². The molecule has 2 unspecified atom stereocenters. The van der Waals surface area contributed by atoms with Gasteiger partial charge in [0.2, 0.25) is 0 Å². The molecule has 102 valence electrons. The summed E-state index contributed by atoms with van der Waals surface area (Å²) in [5.74, 6) is 4.84. The molecule has 4 aliphatic carbocycles. The molecule has 5 fully saturated rings. The number of hydrogen-bond donors (Lipinski definition) is 1. The Morgan fingerprint density at radius 1 is 1.00 bits per heavy atom. The van der Waals surface area contributed by atoms with Gasteiger partial charge in [-0.15, -0.1) is 0 Å². The molecule has 4 saturated carbocycles. The Labute approximate surface area is 111 Å². The van der Waals surface area contributed by atoms with Crippen LogP contribution in [0.5, 0.6) is 0 Å². The molecule has 0 amide bonds. The van der Waals surface area contributed by atoms with E-state index < -0.39 is 0 Å². The number of nitrogens with two attached hydrogens (primary N) is 1. The van der Waals surface area contributed by atoms with Gasteiger partial charge in [-0.3, -0.25) is 0 Å². The molecule has 0 aromatic heterocycles. The average molecular weight is 249 g/mol. The third kappa shape index (κ3) is 1.61. The first kappa shape index (κ1) is 11.7. The first-order valence-electron chi connectivity index (χ1n) is 8.08. The zero-order chi connectivity index (χ0) is 12.2. The summed E-state index contributed by atoms with van der Waals surface area (Å²) in [5.41, 5.74) is 6.77. The van der Waals surface area contributed by atoms with Gasteiger partial charge in [0.1, 0.15) is 0 Å². The molecular weight excluding hydrogens is 222 g/mol. The summed E-state index contributed by atoms with van der Waals surface area (Å²) in [5, 5.41) is 0. The van der Waals surface area contributed by atoms with Crippen molar-refractivity contribution in [3.05, 3.63) is 0 Å². The maximum atomic E-state index is 6.06. The van der Waals surface area contributed by atoms with Gasteiger partial charge in [0.25, 0.3) is 0 Å². The van der Waals surface area contributed by atoms with E-state index in [1.165, 1.54) is 38.5 Å². The molecule has 5 aliphatic rings. The van der Waals surface area contributed by atoms with Crippen LogP contribution in [0.2, 0.25) is 0 Å². The van der Waals surface area contributed by atoms with Gasteiger partial charge in [-0.25, -0.2) is 0 Å². The minimum Gasteiger partial charge on any atom is -0.381 e. The second-order valence-corrected chi connectivity index (χ2v) is 7.62. The van der Waals surface area contributed by atoms with Crippen LogP contribution in [0, 0.1) is 35.0 Å². The average Bonchev–Trinajstić information content (AvgIpc) is 2.39. The highest BCUT2D eigenvalue weighted by Crippen LogP contribution is 2.65. The summed E-state index contributed by atoms with van der Waals surface area (Å²) < 4.78 is 5.59. The van der Waals surface area contributed by atoms with E-state index in [9.17, 15) is 0 Å². The Bertz CT molecular complexity index is 307. The second kappa shape index (κ2) is 4.21. The molecule has 2 nitrogen and oxygen atoms in total. The third-order valence-electron chi connectivity index (χ3n) is 6.88. The van der Waals surface area contributed by atoms with Crippen LogP contribution in [0.25, 0.3) is 0 Å². The van der Waals surface area contributed by atoms with Gasteiger partial charge >= 0.3 is 0 Å². The van der Waals surface area contributed by atoms with Crippen molar-refractivity contribution in [3.8, 4) is 0 Å². The summed E-state index contributed by atoms with van der Waals surface area (Å²) in [6, 6.07) is 0. The molecule has 4 bridgehead atoms. The second-order valence-electron chi connectivity index (χ2n) is 7.62. The van der Waals surface area contributed by atoms with Crippen molar-refractivity contribution in [1.82, 2.24) is 0 Å². The van der Waals surface area contributed by atoms with Crippen molar-refractivity contribution in [3.63, 3.8) is 0 Å². The lowest BCUT2D eigenvalue weighted by Gasteiger charge is -2.63. The topological polar surface area (TPSA) is 35.2 Å². The van der Waals surface area contributed by atoms with Crippen molar-refractivity contribution < 1.29 is 4.74 Å². The van der Waals surface area contributed by atoms with Crippen LogP contribution in [0.3, 0.4) is 0 Å². The highest BCUT2D eigenvalue weighted by atomic mass is 16.5. The van der Waals surface area contributed by atoms with Gasteiger partial charge in [0, 0.05) is 13.2 Å². The normalized spacial score (nSPS) is 51.8. The first-order valence-corrected chi connectivity index (χ1v) is 8.08. The minimum atomic E-state index is 0.714. The molecule has 0 spiro atoms. The van der Waals surface area contributed by atoms with E-state index in [0.717, 1.165) is 49.3 Å². The molecule has 0 aromatic carbocycles. The van der Waals surface area contributed by atoms with Crippen LogP contribution < -0.4 is 5.73 Å². The van der Waals surface area contributed by atoms with E-state index in [4.69, 9.17) is 10.5 Å². The van der Waals surface area contributed by atoms with E-state index in [1.807, 2.05) is 0 Å². The van der Waals surface area contributed by atoms with Crippen molar-refractivity contribution >= 4 is 0 Å². The van der Waals surface area contributed by atoms with Crippen LogP contribution in [0.15, 0.2) is 0 Å². The maximum absolute atomic E-state index is 6.06. The van der Waals surface area contributed by atoms with E-state index in [2.05, 4.69) is 0 Å². The predicted molar refractivity (Wildman–Crippen MR) is 72.1 cm³/mol. The van der Waals surface area contributed by atoms with Crippen molar-refractivity contribution in [2.45, 2.75) is 44.9 Å². The fourth-order valence-corrected chi connectivity index (χ4v) is 6.39. The van der Waals surface area contributed by atoms with Crippen LogP contribution in [0.4, 0.5) is 0 Å². The van der Waals surface area contributed by atoms with E-state index in [0.29, 0.717) is 5.41 Å². The lowest BCUT2D eigenvalue weighted by atomic mass is 9.43. The maximum Gasteiger partial charge on any atom is 0.0468 e. The van der Waals surface area contributed by atoms with Gasteiger partial charge in [-0.05, 0) is 86.5 Å². The van der Waals surface area contributed by atoms with Crippen molar-refractivity contribution in [2.75, 3.05) is 19.8 Å². The smallest absolute Gasteiger partial charge is 0.0468 e. The predicted octanol–water partition coefficient (Wildman–Crippen LogP) is 2.81. The fraction of sp³-hybridized carbons (Fsp3) is 1.00. The Morgan fingerprint density at radius 2 is 1.67 bits per heavy atom. The Morgan fingerprint density at radius 3 is 2.28 bits per heavy atom. The Hall–Kier alpha value is -0.0800. The number of rotatable bonds is 2. The van der Waals surface area contributed by atoms with E-state index in [-0.39, 0.29) is 0 Å². The third-order valence-corrected chi connectivity index (χ3v) is 6.88. The van der Waals surface area contributed by atoms with E-state index >= 15 is 0 Å². The van der Waals surface area contributed by atoms with Gasteiger partial charge in [-0.2, -0.15) is 0 Å².